The average Bonchev–Trinajstić information content (AvgIpc) is 2.72. The van der Waals surface area contributed by atoms with E-state index in [1.165, 1.54) is 0 Å². The number of nitrogens with one attached hydrogen (secondary N) is 1. The minimum atomic E-state index is -0.997. The summed E-state index contributed by atoms with van der Waals surface area (Å²) >= 11 is 0. The maximum absolute atomic E-state index is 11.0. The van der Waals surface area contributed by atoms with Crippen molar-refractivity contribution in [2.24, 2.45) is 5.73 Å². The van der Waals surface area contributed by atoms with Gasteiger partial charge in [0.1, 0.15) is 0 Å². The molecule has 0 aromatic heterocycles. The molecule has 6 nitrogen and oxygen atoms in total. The molecule has 0 unspecified atom stereocenters. The lowest BCUT2D eigenvalue weighted by Gasteiger charge is -2.08. The second kappa shape index (κ2) is 4.32. The van der Waals surface area contributed by atoms with Crippen LogP contribution in [0.1, 0.15) is 11.1 Å². The van der Waals surface area contributed by atoms with Gasteiger partial charge in [0.05, 0.1) is 0 Å². The van der Waals surface area contributed by atoms with Crippen molar-refractivity contribution in [3.63, 3.8) is 0 Å². The predicted molar refractivity (Wildman–Crippen MR) is 58.3 cm³/mol. The van der Waals surface area contributed by atoms with Gasteiger partial charge in [-0.1, -0.05) is 0 Å². The predicted octanol–water partition coefficient (Wildman–Crippen LogP) is -0.175. The fourth-order valence-electron chi connectivity index (χ4n) is 1.54. The van der Waals surface area contributed by atoms with Gasteiger partial charge in [-0.2, -0.15) is 0 Å². The van der Waals surface area contributed by atoms with Crippen molar-refractivity contribution in [1.29, 1.82) is 0 Å². The minimum absolute atomic E-state index is 0.200. The van der Waals surface area contributed by atoms with Crippen molar-refractivity contribution in [3.8, 4) is 11.5 Å². The molecular formula is C11H12N2O4. The summed E-state index contributed by atoms with van der Waals surface area (Å²) in [7, 11) is 0. The number of aryl methyl sites for hydroxylation is 1. The van der Waals surface area contributed by atoms with Crippen molar-refractivity contribution in [3.05, 3.63) is 23.3 Å². The highest BCUT2D eigenvalue weighted by molar-refractivity contribution is 6.34. The third-order valence-corrected chi connectivity index (χ3v) is 2.49. The van der Waals surface area contributed by atoms with Crippen LogP contribution in [0.3, 0.4) is 0 Å². The van der Waals surface area contributed by atoms with Crippen molar-refractivity contribution in [2.45, 2.75) is 13.5 Å². The molecule has 0 bridgehead atoms. The van der Waals surface area contributed by atoms with Crippen LogP contribution in [-0.4, -0.2) is 18.6 Å². The van der Waals surface area contributed by atoms with E-state index in [0.717, 1.165) is 11.1 Å². The van der Waals surface area contributed by atoms with Crippen molar-refractivity contribution >= 4 is 11.8 Å². The zero-order chi connectivity index (χ0) is 12.4. The number of amides is 2. The van der Waals surface area contributed by atoms with Crippen molar-refractivity contribution in [2.75, 3.05) is 6.79 Å². The zero-order valence-electron chi connectivity index (χ0n) is 9.28. The van der Waals surface area contributed by atoms with E-state index in [1.807, 2.05) is 13.0 Å². The van der Waals surface area contributed by atoms with Crippen LogP contribution in [0.4, 0.5) is 0 Å². The van der Waals surface area contributed by atoms with Gasteiger partial charge in [0.15, 0.2) is 11.5 Å². The molecule has 3 N–H and O–H groups in total. The van der Waals surface area contributed by atoms with Crippen molar-refractivity contribution in [1.82, 2.24) is 5.32 Å². The normalized spacial score (nSPS) is 12.3. The molecule has 0 saturated carbocycles. The Morgan fingerprint density at radius 2 is 2.00 bits per heavy atom. The number of ether oxygens (including phenoxy) is 2. The van der Waals surface area contributed by atoms with E-state index in [0.29, 0.717) is 11.5 Å². The standard InChI is InChI=1S/C11H12N2O4/c1-6-2-8-9(17-5-16-8)3-7(6)4-13-11(15)10(12)14/h2-3H,4-5H2,1H3,(H2,12,14)(H,13,15). The Morgan fingerprint density at radius 1 is 1.35 bits per heavy atom. The number of rotatable bonds is 2. The fraction of sp³-hybridized carbons (Fsp3) is 0.273. The highest BCUT2D eigenvalue weighted by Gasteiger charge is 2.16. The van der Waals surface area contributed by atoms with Gasteiger partial charge in [0.2, 0.25) is 6.79 Å². The number of fused-ring (bicyclic) bond motifs is 1. The van der Waals surface area contributed by atoms with Gasteiger partial charge in [0, 0.05) is 6.54 Å². The summed E-state index contributed by atoms with van der Waals surface area (Å²) < 4.78 is 10.4. The van der Waals surface area contributed by atoms with Gasteiger partial charge in [-0.25, -0.2) is 0 Å². The van der Waals surface area contributed by atoms with Crippen LogP contribution in [0.5, 0.6) is 11.5 Å². The van der Waals surface area contributed by atoms with Crippen LogP contribution in [0.2, 0.25) is 0 Å². The lowest BCUT2D eigenvalue weighted by Crippen LogP contribution is -2.35. The highest BCUT2D eigenvalue weighted by Crippen LogP contribution is 2.34. The largest absolute Gasteiger partial charge is 0.454 e. The van der Waals surface area contributed by atoms with E-state index < -0.39 is 11.8 Å². The summed E-state index contributed by atoms with van der Waals surface area (Å²) in [5, 5.41) is 2.42. The lowest BCUT2D eigenvalue weighted by molar-refractivity contribution is -0.137. The van der Waals surface area contributed by atoms with Crippen LogP contribution < -0.4 is 20.5 Å². The Morgan fingerprint density at radius 3 is 2.65 bits per heavy atom. The molecule has 2 rings (SSSR count). The maximum atomic E-state index is 11.0. The number of hydrogen-bond donors (Lipinski definition) is 2. The number of carbonyl (C=O) groups excluding carboxylic acids is 2. The number of hydrogen-bond acceptors (Lipinski definition) is 4. The Hall–Kier alpha value is -2.24. The Bertz CT molecular complexity index is 485. The molecule has 2 amide bonds. The summed E-state index contributed by atoms with van der Waals surface area (Å²) in [6, 6.07) is 3.60. The van der Waals surface area contributed by atoms with E-state index in [9.17, 15) is 9.59 Å². The number of primary amides is 1. The topological polar surface area (TPSA) is 90.7 Å². The Labute approximate surface area is 97.7 Å². The molecule has 1 aliphatic rings. The summed E-state index contributed by atoms with van der Waals surface area (Å²) in [6.07, 6.45) is 0. The first-order valence-corrected chi connectivity index (χ1v) is 5.04. The Balaban J connectivity index is 2.11. The molecule has 0 atom stereocenters. The SMILES string of the molecule is Cc1cc2c(cc1CNC(=O)C(N)=O)OCO2. The molecule has 1 aromatic carbocycles. The third-order valence-electron chi connectivity index (χ3n) is 2.49. The van der Waals surface area contributed by atoms with E-state index in [2.05, 4.69) is 5.32 Å². The highest BCUT2D eigenvalue weighted by atomic mass is 16.7. The molecule has 0 radical (unpaired) electrons. The molecule has 1 aliphatic heterocycles. The summed E-state index contributed by atoms with van der Waals surface area (Å²) in [4.78, 5) is 21.6. The summed E-state index contributed by atoms with van der Waals surface area (Å²) in [6.45, 7) is 2.31. The van der Waals surface area contributed by atoms with E-state index in [1.54, 1.807) is 6.07 Å². The minimum Gasteiger partial charge on any atom is -0.454 e. The molecule has 17 heavy (non-hydrogen) atoms. The lowest BCUT2D eigenvalue weighted by atomic mass is 10.1. The molecule has 6 heteroatoms. The molecule has 90 valence electrons. The Kier molecular flexibility index (Phi) is 2.86. The second-order valence-corrected chi connectivity index (χ2v) is 3.68. The molecule has 1 aromatic rings. The summed E-state index contributed by atoms with van der Waals surface area (Å²) in [5.74, 6) is -0.475. The third kappa shape index (κ3) is 2.30. The number of benzene rings is 1. The smallest absolute Gasteiger partial charge is 0.309 e. The first-order valence-electron chi connectivity index (χ1n) is 5.04. The van der Waals surface area contributed by atoms with E-state index >= 15 is 0 Å². The van der Waals surface area contributed by atoms with Crippen molar-refractivity contribution < 1.29 is 19.1 Å². The van der Waals surface area contributed by atoms with Crippen LogP contribution in [0, 0.1) is 6.92 Å². The number of carbonyl (C=O) groups is 2. The van der Waals surface area contributed by atoms with Crippen LogP contribution in [0.15, 0.2) is 12.1 Å². The van der Waals surface area contributed by atoms with E-state index in [4.69, 9.17) is 15.2 Å². The monoisotopic (exact) mass is 236 g/mol. The average molecular weight is 236 g/mol. The molecular weight excluding hydrogens is 224 g/mol. The maximum Gasteiger partial charge on any atom is 0.309 e. The van der Waals surface area contributed by atoms with Gasteiger partial charge in [0.25, 0.3) is 0 Å². The first-order chi connectivity index (χ1) is 8.08. The van der Waals surface area contributed by atoms with Gasteiger partial charge in [-0.15, -0.1) is 0 Å². The summed E-state index contributed by atoms with van der Waals surface area (Å²) in [5.41, 5.74) is 6.63. The molecule has 0 spiro atoms. The first kappa shape index (κ1) is 11.3. The molecule has 1 heterocycles. The van der Waals surface area contributed by atoms with Gasteiger partial charge >= 0.3 is 11.8 Å². The zero-order valence-corrected chi connectivity index (χ0v) is 9.28. The molecule has 0 aliphatic carbocycles. The molecule has 0 fully saturated rings. The van der Waals surface area contributed by atoms with E-state index in [-0.39, 0.29) is 13.3 Å². The van der Waals surface area contributed by atoms with Crippen LogP contribution in [-0.2, 0) is 16.1 Å². The van der Waals surface area contributed by atoms with Gasteiger partial charge in [-0.3, -0.25) is 9.59 Å². The fourth-order valence-corrected chi connectivity index (χ4v) is 1.54. The quantitative estimate of drug-likeness (QED) is 0.697. The second-order valence-electron chi connectivity index (χ2n) is 3.68. The number of nitrogens with two attached hydrogens (primary N) is 1. The van der Waals surface area contributed by atoms with Crippen LogP contribution >= 0.6 is 0 Å². The molecule has 0 saturated heterocycles. The van der Waals surface area contributed by atoms with Gasteiger partial charge in [-0.05, 0) is 30.2 Å². The van der Waals surface area contributed by atoms with Crippen LogP contribution in [0.25, 0.3) is 0 Å². The van der Waals surface area contributed by atoms with Gasteiger partial charge < -0.3 is 20.5 Å².